The van der Waals surface area contributed by atoms with E-state index in [2.05, 4.69) is 9.98 Å². The Morgan fingerprint density at radius 1 is 1.18 bits per heavy atom. The van der Waals surface area contributed by atoms with Crippen LogP contribution in [0.25, 0.3) is 0 Å². The molecule has 1 saturated heterocycles. The van der Waals surface area contributed by atoms with E-state index in [4.69, 9.17) is 0 Å². The zero-order chi connectivity index (χ0) is 15.3. The van der Waals surface area contributed by atoms with Crippen LogP contribution in [0.2, 0.25) is 0 Å². The van der Waals surface area contributed by atoms with E-state index in [9.17, 15) is 15.0 Å². The summed E-state index contributed by atoms with van der Waals surface area (Å²) >= 11 is 0. The smallest absolute Gasteiger partial charge is 0.204 e. The lowest BCUT2D eigenvalue weighted by Crippen LogP contribution is -2.48. The van der Waals surface area contributed by atoms with Crippen LogP contribution < -0.4 is 4.90 Å². The van der Waals surface area contributed by atoms with Crippen LogP contribution in [0.15, 0.2) is 47.7 Å². The number of aliphatic hydroxyl groups is 1. The first-order valence-electron chi connectivity index (χ1n) is 6.96. The molecule has 4 rings (SSSR count). The number of aliphatic imine (C=N–C) groups is 1. The number of rotatable bonds is 1. The van der Waals surface area contributed by atoms with Gasteiger partial charge in [0.05, 0.1) is 17.4 Å². The highest BCUT2D eigenvalue weighted by Crippen LogP contribution is 2.39. The highest BCUT2D eigenvalue weighted by atomic mass is 16.3. The van der Waals surface area contributed by atoms with E-state index in [-0.39, 0.29) is 18.0 Å². The minimum absolute atomic E-state index is 0.161. The van der Waals surface area contributed by atoms with E-state index in [1.165, 1.54) is 12.4 Å². The van der Waals surface area contributed by atoms with Gasteiger partial charge in [-0.3, -0.25) is 9.78 Å². The molecule has 0 bridgehead atoms. The molecule has 22 heavy (non-hydrogen) atoms. The number of fused-ring (bicyclic) bond motifs is 2. The van der Waals surface area contributed by atoms with Crippen molar-refractivity contribution < 1.29 is 15.0 Å². The molecule has 2 aromatic rings. The molecule has 1 unspecified atom stereocenters. The van der Waals surface area contributed by atoms with Gasteiger partial charge >= 0.3 is 0 Å². The largest absolute Gasteiger partial charge is 0.508 e. The number of pyridine rings is 1. The number of carbonyl (C=O) groups excluding carboxylic acids is 1. The Hall–Kier alpha value is -2.73. The van der Waals surface area contributed by atoms with E-state index in [0.29, 0.717) is 23.6 Å². The quantitative estimate of drug-likeness (QED) is 0.835. The maximum Gasteiger partial charge on any atom is 0.204 e. The number of anilines is 1. The van der Waals surface area contributed by atoms with Crippen LogP contribution in [-0.4, -0.2) is 39.0 Å². The molecule has 1 fully saturated rings. The molecule has 0 amide bonds. The van der Waals surface area contributed by atoms with Crippen molar-refractivity contribution in [1.82, 2.24) is 4.98 Å². The molecule has 6 nitrogen and oxygen atoms in total. The minimum Gasteiger partial charge on any atom is -0.508 e. The second-order valence-corrected chi connectivity index (χ2v) is 5.44. The van der Waals surface area contributed by atoms with Crippen LogP contribution in [0, 0.1) is 0 Å². The van der Waals surface area contributed by atoms with Crippen molar-refractivity contribution in [2.45, 2.75) is 12.0 Å². The van der Waals surface area contributed by atoms with Crippen LogP contribution in [0.3, 0.4) is 0 Å². The van der Waals surface area contributed by atoms with E-state index in [1.807, 2.05) is 0 Å². The zero-order valence-electron chi connectivity index (χ0n) is 11.6. The number of aromatic nitrogens is 1. The van der Waals surface area contributed by atoms with Gasteiger partial charge in [0.15, 0.2) is 5.60 Å². The monoisotopic (exact) mass is 295 g/mol. The maximum atomic E-state index is 12.6. The molecular weight excluding hydrogens is 282 g/mol. The summed E-state index contributed by atoms with van der Waals surface area (Å²) in [7, 11) is 0. The number of carbonyl (C=O) groups is 1. The Balaban J connectivity index is 1.85. The van der Waals surface area contributed by atoms with Gasteiger partial charge in [0.25, 0.3) is 0 Å². The first-order valence-corrected chi connectivity index (χ1v) is 6.96. The van der Waals surface area contributed by atoms with Crippen molar-refractivity contribution in [3.63, 3.8) is 0 Å². The fourth-order valence-corrected chi connectivity index (χ4v) is 2.97. The average molecular weight is 295 g/mol. The SMILES string of the molecule is O=C1c2ccncc2N=C2N(c3ccc(O)cc3)CCC12O. The van der Waals surface area contributed by atoms with Gasteiger partial charge in [-0.2, -0.15) is 0 Å². The van der Waals surface area contributed by atoms with Gasteiger partial charge in [-0.05, 0) is 30.3 Å². The lowest BCUT2D eigenvalue weighted by Gasteiger charge is -2.29. The number of aromatic hydroxyl groups is 1. The minimum atomic E-state index is -1.59. The third-order valence-electron chi connectivity index (χ3n) is 4.13. The predicted octanol–water partition coefficient (Wildman–Crippen LogP) is 1.65. The fourth-order valence-electron chi connectivity index (χ4n) is 2.97. The van der Waals surface area contributed by atoms with Crippen LogP contribution in [0.4, 0.5) is 11.4 Å². The molecule has 0 saturated carbocycles. The molecule has 1 aromatic carbocycles. The molecule has 6 heteroatoms. The molecule has 2 aliphatic rings. The fraction of sp³-hybridized carbons (Fsp3) is 0.188. The third kappa shape index (κ3) is 1.67. The van der Waals surface area contributed by atoms with Gasteiger partial charge in [-0.1, -0.05) is 0 Å². The number of benzene rings is 1. The van der Waals surface area contributed by atoms with Gasteiger partial charge in [0.2, 0.25) is 5.78 Å². The first-order chi connectivity index (χ1) is 10.6. The normalized spacial score (nSPS) is 23.0. The summed E-state index contributed by atoms with van der Waals surface area (Å²) in [6.45, 7) is 0.479. The highest BCUT2D eigenvalue weighted by molar-refractivity contribution is 6.28. The lowest BCUT2D eigenvalue weighted by atomic mass is 9.88. The van der Waals surface area contributed by atoms with Crippen molar-refractivity contribution in [3.8, 4) is 5.75 Å². The molecule has 0 aliphatic carbocycles. The second-order valence-electron chi connectivity index (χ2n) is 5.44. The van der Waals surface area contributed by atoms with E-state index in [1.54, 1.807) is 35.2 Å². The highest BCUT2D eigenvalue weighted by Gasteiger charge is 2.52. The summed E-state index contributed by atoms with van der Waals surface area (Å²) < 4.78 is 0. The molecule has 3 heterocycles. The number of phenolic OH excluding ortho intramolecular Hbond substituents is 1. The van der Waals surface area contributed by atoms with Gasteiger partial charge < -0.3 is 15.1 Å². The van der Waals surface area contributed by atoms with Crippen molar-refractivity contribution >= 4 is 23.0 Å². The number of hydrogen-bond donors (Lipinski definition) is 2. The summed E-state index contributed by atoms with van der Waals surface area (Å²) in [5, 5.41) is 20.2. The van der Waals surface area contributed by atoms with E-state index >= 15 is 0 Å². The Morgan fingerprint density at radius 3 is 2.73 bits per heavy atom. The van der Waals surface area contributed by atoms with Gasteiger partial charge in [0.1, 0.15) is 11.6 Å². The van der Waals surface area contributed by atoms with Gasteiger partial charge in [-0.25, -0.2) is 4.99 Å². The molecule has 1 atom stereocenters. The maximum absolute atomic E-state index is 12.6. The van der Waals surface area contributed by atoms with E-state index < -0.39 is 5.60 Å². The molecule has 2 aliphatic heterocycles. The number of nitrogens with zero attached hydrogens (tertiary/aromatic N) is 3. The summed E-state index contributed by atoms with van der Waals surface area (Å²) in [6.07, 6.45) is 3.33. The topological polar surface area (TPSA) is 86.0 Å². The van der Waals surface area contributed by atoms with Crippen molar-refractivity contribution in [1.29, 1.82) is 0 Å². The van der Waals surface area contributed by atoms with Gasteiger partial charge in [-0.15, -0.1) is 0 Å². The Labute approximate surface area is 126 Å². The van der Waals surface area contributed by atoms with Crippen molar-refractivity contribution in [3.05, 3.63) is 48.3 Å². The summed E-state index contributed by atoms with van der Waals surface area (Å²) in [4.78, 5) is 22.9. The molecule has 0 spiro atoms. The standard InChI is InChI=1S/C16H13N3O3/c20-11-3-1-10(2-4-11)19-8-6-16(22)14(21)12-5-7-17-9-13(12)18-15(16)19/h1-5,7,9,20,22H,6,8H2. The van der Waals surface area contributed by atoms with E-state index in [0.717, 1.165) is 5.69 Å². The van der Waals surface area contributed by atoms with Crippen LogP contribution in [0.5, 0.6) is 5.75 Å². The average Bonchev–Trinajstić information content (AvgIpc) is 2.87. The summed E-state index contributed by atoms with van der Waals surface area (Å²) in [6, 6.07) is 8.17. The number of Topliss-reactive ketones (excluding diaryl/α,β-unsaturated/α-hetero) is 1. The number of ketones is 1. The summed E-state index contributed by atoms with van der Waals surface area (Å²) in [5.41, 5.74) is 0.0472. The molecule has 1 aromatic heterocycles. The number of phenols is 1. The van der Waals surface area contributed by atoms with Crippen LogP contribution in [-0.2, 0) is 0 Å². The number of amidine groups is 1. The molecule has 2 N–H and O–H groups in total. The molecular formula is C16H13N3O3. The van der Waals surface area contributed by atoms with Crippen LogP contribution in [0.1, 0.15) is 16.8 Å². The third-order valence-corrected chi connectivity index (χ3v) is 4.13. The lowest BCUT2D eigenvalue weighted by molar-refractivity contribution is 0.0602. The second kappa shape index (κ2) is 4.38. The van der Waals surface area contributed by atoms with Gasteiger partial charge in [0, 0.05) is 24.8 Å². The Morgan fingerprint density at radius 2 is 1.95 bits per heavy atom. The Bertz CT molecular complexity index is 801. The number of hydrogen-bond acceptors (Lipinski definition) is 6. The molecule has 0 radical (unpaired) electrons. The zero-order valence-corrected chi connectivity index (χ0v) is 11.6. The van der Waals surface area contributed by atoms with Crippen molar-refractivity contribution in [2.24, 2.45) is 4.99 Å². The summed E-state index contributed by atoms with van der Waals surface area (Å²) in [5.74, 6) is 0.147. The first kappa shape index (κ1) is 13.0. The molecule has 110 valence electrons. The van der Waals surface area contributed by atoms with Crippen molar-refractivity contribution in [2.75, 3.05) is 11.4 Å². The van der Waals surface area contributed by atoms with Crippen LogP contribution >= 0.6 is 0 Å². The Kier molecular flexibility index (Phi) is 2.58. The predicted molar refractivity (Wildman–Crippen MR) is 80.7 cm³/mol.